The first-order chi connectivity index (χ1) is 14.7. The highest BCUT2D eigenvalue weighted by Crippen LogP contribution is 2.30. The first-order valence-electron chi connectivity index (χ1n) is 11.5. The molecule has 3 aliphatic rings. The summed E-state index contributed by atoms with van der Waals surface area (Å²) in [4.78, 5) is 9.67. The standard InChI is InChI=1S/C25H33N5.HI/c26-25(28-23-9-8-21-2-1-3-22(21)16-23)27-17-19-6-10-24(11-7-19)30-14-12-29(13-15-30)18-20-4-5-20;/h6-11,16,20H,1-5,12-15,17-18H2,(H3,26,27,28);1H. The Bertz CT molecular complexity index is 899. The molecule has 0 bridgehead atoms. The van der Waals surface area contributed by atoms with E-state index in [-0.39, 0.29) is 24.0 Å². The third-order valence-electron chi connectivity index (χ3n) is 6.69. The van der Waals surface area contributed by atoms with Gasteiger partial charge < -0.3 is 16.0 Å². The summed E-state index contributed by atoms with van der Waals surface area (Å²) in [5.74, 6) is 1.46. The van der Waals surface area contributed by atoms with Gasteiger partial charge in [-0.1, -0.05) is 18.2 Å². The predicted octanol–water partition coefficient (Wildman–Crippen LogP) is 4.25. The highest BCUT2D eigenvalue weighted by molar-refractivity contribution is 14.0. The summed E-state index contributed by atoms with van der Waals surface area (Å²) < 4.78 is 0. The van der Waals surface area contributed by atoms with Crippen molar-refractivity contribution in [3.63, 3.8) is 0 Å². The van der Waals surface area contributed by atoms with Gasteiger partial charge in [0.1, 0.15) is 0 Å². The van der Waals surface area contributed by atoms with Crippen LogP contribution in [0.4, 0.5) is 11.4 Å². The average molecular weight is 531 g/mol. The van der Waals surface area contributed by atoms with Gasteiger partial charge in [-0.15, -0.1) is 24.0 Å². The number of piperazine rings is 1. The van der Waals surface area contributed by atoms with Crippen LogP contribution in [0.2, 0.25) is 0 Å². The molecule has 3 N–H and O–H groups in total. The van der Waals surface area contributed by atoms with E-state index < -0.39 is 0 Å². The molecule has 166 valence electrons. The summed E-state index contributed by atoms with van der Waals surface area (Å²) in [6.07, 6.45) is 6.51. The Morgan fingerprint density at radius 3 is 2.45 bits per heavy atom. The number of anilines is 2. The van der Waals surface area contributed by atoms with Gasteiger partial charge in [0.2, 0.25) is 0 Å². The first-order valence-corrected chi connectivity index (χ1v) is 11.5. The van der Waals surface area contributed by atoms with Gasteiger partial charge in [-0.3, -0.25) is 4.90 Å². The zero-order valence-electron chi connectivity index (χ0n) is 18.2. The fraction of sp³-hybridized carbons (Fsp3) is 0.480. The van der Waals surface area contributed by atoms with Crippen molar-refractivity contribution in [2.24, 2.45) is 16.6 Å². The van der Waals surface area contributed by atoms with Crippen LogP contribution in [0.15, 0.2) is 47.5 Å². The van der Waals surface area contributed by atoms with E-state index in [1.165, 1.54) is 74.1 Å². The van der Waals surface area contributed by atoms with Crippen molar-refractivity contribution in [2.75, 3.05) is 42.9 Å². The Hall–Kier alpha value is -1.80. The zero-order valence-corrected chi connectivity index (χ0v) is 20.6. The van der Waals surface area contributed by atoms with E-state index >= 15 is 0 Å². The minimum Gasteiger partial charge on any atom is -0.370 e. The van der Waals surface area contributed by atoms with Crippen molar-refractivity contribution in [1.29, 1.82) is 0 Å². The maximum Gasteiger partial charge on any atom is 0.193 e. The summed E-state index contributed by atoms with van der Waals surface area (Å²) in [5.41, 5.74) is 12.6. The average Bonchev–Trinajstić information content (AvgIpc) is 3.46. The summed E-state index contributed by atoms with van der Waals surface area (Å²) in [5, 5.41) is 3.24. The number of fused-ring (bicyclic) bond motifs is 1. The normalized spacial score (nSPS) is 19.1. The lowest BCUT2D eigenvalue weighted by Gasteiger charge is -2.36. The fourth-order valence-electron chi connectivity index (χ4n) is 4.68. The van der Waals surface area contributed by atoms with Gasteiger partial charge in [0.15, 0.2) is 5.96 Å². The highest BCUT2D eigenvalue weighted by Gasteiger charge is 2.26. The lowest BCUT2D eigenvalue weighted by molar-refractivity contribution is 0.248. The third-order valence-corrected chi connectivity index (χ3v) is 6.69. The molecule has 0 atom stereocenters. The molecule has 1 saturated carbocycles. The van der Waals surface area contributed by atoms with E-state index in [2.05, 4.69) is 62.6 Å². The van der Waals surface area contributed by atoms with E-state index in [4.69, 9.17) is 5.73 Å². The fourth-order valence-corrected chi connectivity index (χ4v) is 4.68. The number of hydrogen-bond donors (Lipinski definition) is 2. The molecular formula is C25H34IN5. The lowest BCUT2D eigenvalue weighted by atomic mass is 10.1. The van der Waals surface area contributed by atoms with Crippen molar-refractivity contribution in [1.82, 2.24) is 4.90 Å². The highest BCUT2D eigenvalue weighted by atomic mass is 127. The minimum absolute atomic E-state index is 0. The second-order valence-electron chi connectivity index (χ2n) is 9.06. The smallest absolute Gasteiger partial charge is 0.193 e. The summed E-state index contributed by atoms with van der Waals surface area (Å²) in [6, 6.07) is 15.3. The maximum absolute atomic E-state index is 6.12. The quantitative estimate of drug-likeness (QED) is 0.333. The van der Waals surface area contributed by atoms with Crippen LogP contribution in [0.5, 0.6) is 0 Å². The number of aryl methyl sites for hydroxylation is 2. The van der Waals surface area contributed by atoms with Gasteiger partial charge in [0, 0.05) is 44.1 Å². The Morgan fingerprint density at radius 2 is 1.71 bits per heavy atom. The minimum atomic E-state index is 0. The van der Waals surface area contributed by atoms with Crippen LogP contribution in [0, 0.1) is 5.92 Å². The molecule has 6 heteroatoms. The van der Waals surface area contributed by atoms with Gasteiger partial charge in [0.05, 0.1) is 6.54 Å². The largest absolute Gasteiger partial charge is 0.370 e. The molecule has 2 aromatic rings. The Morgan fingerprint density at radius 1 is 0.968 bits per heavy atom. The van der Waals surface area contributed by atoms with Crippen LogP contribution in [0.1, 0.15) is 36.0 Å². The number of nitrogens with zero attached hydrogens (tertiary/aromatic N) is 3. The molecule has 1 saturated heterocycles. The topological polar surface area (TPSA) is 56.9 Å². The second kappa shape index (κ2) is 10.2. The monoisotopic (exact) mass is 531 g/mol. The van der Waals surface area contributed by atoms with Gasteiger partial charge in [0.25, 0.3) is 0 Å². The number of halogens is 1. The molecule has 1 heterocycles. The van der Waals surface area contributed by atoms with Crippen molar-refractivity contribution in [3.8, 4) is 0 Å². The van der Waals surface area contributed by atoms with Crippen molar-refractivity contribution in [2.45, 2.75) is 38.6 Å². The van der Waals surface area contributed by atoms with Crippen molar-refractivity contribution >= 4 is 41.3 Å². The molecule has 0 radical (unpaired) electrons. The van der Waals surface area contributed by atoms with Crippen LogP contribution in [0.25, 0.3) is 0 Å². The van der Waals surface area contributed by atoms with Gasteiger partial charge in [-0.2, -0.15) is 0 Å². The number of nitrogens with one attached hydrogen (secondary N) is 1. The Kier molecular flexibility index (Phi) is 7.38. The van der Waals surface area contributed by atoms with Crippen LogP contribution < -0.4 is 16.0 Å². The molecule has 0 spiro atoms. The lowest BCUT2D eigenvalue weighted by Crippen LogP contribution is -2.47. The number of guanidine groups is 1. The molecule has 2 fully saturated rings. The number of rotatable bonds is 6. The van der Waals surface area contributed by atoms with Crippen LogP contribution >= 0.6 is 24.0 Å². The summed E-state index contributed by atoms with van der Waals surface area (Å²) >= 11 is 0. The SMILES string of the molecule is I.NC(=NCc1ccc(N2CCN(CC3CC3)CC2)cc1)Nc1ccc2c(c1)CCC2. The van der Waals surface area contributed by atoms with Gasteiger partial charge >= 0.3 is 0 Å². The van der Waals surface area contributed by atoms with E-state index in [0.717, 1.165) is 24.7 Å². The van der Waals surface area contributed by atoms with Crippen molar-refractivity contribution < 1.29 is 0 Å². The van der Waals surface area contributed by atoms with Crippen molar-refractivity contribution in [3.05, 3.63) is 59.2 Å². The Labute approximate surface area is 203 Å². The summed E-state index contributed by atoms with van der Waals surface area (Å²) in [7, 11) is 0. The molecule has 31 heavy (non-hydrogen) atoms. The molecule has 2 aliphatic carbocycles. The molecule has 1 aliphatic heterocycles. The molecular weight excluding hydrogens is 497 g/mol. The van der Waals surface area contributed by atoms with E-state index in [1.54, 1.807) is 0 Å². The van der Waals surface area contributed by atoms with Gasteiger partial charge in [-0.25, -0.2) is 4.99 Å². The third kappa shape index (κ3) is 5.92. The molecule has 0 unspecified atom stereocenters. The Balaban J connectivity index is 0.00000231. The number of aliphatic imine (C=N–C) groups is 1. The number of hydrogen-bond acceptors (Lipinski definition) is 3. The number of benzene rings is 2. The summed E-state index contributed by atoms with van der Waals surface area (Å²) in [6.45, 7) is 6.54. The molecule has 0 aromatic heterocycles. The first kappa shape index (κ1) is 22.4. The van der Waals surface area contributed by atoms with E-state index in [0.29, 0.717) is 12.5 Å². The molecule has 5 rings (SSSR count). The molecule has 2 aromatic carbocycles. The maximum atomic E-state index is 6.12. The van der Waals surface area contributed by atoms with Gasteiger partial charge in [-0.05, 0) is 79.0 Å². The van der Waals surface area contributed by atoms with Crippen LogP contribution in [0.3, 0.4) is 0 Å². The predicted molar refractivity (Wildman–Crippen MR) is 141 cm³/mol. The number of nitrogens with two attached hydrogens (primary N) is 1. The van der Waals surface area contributed by atoms with Crippen LogP contribution in [-0.2, 0) is 19.4 Å². The molecule has 0 amide bonds. The van der Waals surface area contributed by atoms with E-state index in [9.17, 15) is 0 Å². The molecule has 5 nitrogen and oxygen atoms in total. The zero-order chi connectivity index (χ0) is 20.3. The second-order valence-corrected chi connectivity index (χ2v) is 9.06. The van der Waals surface area contributed by atoms with E-state index in [1.807, 2.05) is 0 Å². The van der Waals surface area contributed by atoms with Crippen LogP contribution in [-0.4, -0.2) is 43.6 Å².